The molecule has 2 N–H and O–H groups in total. The first-order valence-electron chi connectivity index (χ1n) is 6.41. The van der Waals surface area contributed by atoms with E-state index >= 15 is 0 Å². The van der Waals surface area contributed by atoms with Crippen molar-refractivity contribution in [3.8, 4) is 0 Å². The molecule has 2 fully saturated rings. The smallest absolute Gasteiger partial charge is 0.0820 e. The molecule has 94 valence electrons. The van der Waals surface area contributed by atoms with Gasteiger partial charge in [0.25, 0.3) is 0 Å². The van der Waals surface area contributed by atoms with Crippen LogP contribution in [0.5, 0.6) is 0 Å². The maximum absolute atomic E-state index is 5.68. The Labute approximate surface area is 98.7 Å². The Balaban J connectivity index is 1.88. The minimum Gasteiger partial charge on any atom is -0.379 e. The molecule has 2 aliphatic rings. The lowest BCUT2D eigenvalue weighted by molar-refractivity contribution is 0.0667. The highest BCUT2D eigenvalue weighted by Crippen LogP contribution is 2.28. The first kappa shape index (κ1) is 12.3. The van der Waals surface area contributed by atoms with Crippen LogP contribution in [0.2, 0.25) is 0 Å². The van der Waals surface area contributed by atoms with Gasteiger partial charge in [-0.05, 0) is 32.9 Å². The van der Waals surface area contributed by atoms with E-state index in [-0.39, 0.29) is 6.10 Å². The monoisotopic (exact) mass is 227 g/mol. The number of nitrogens with two attached hydrogens (primary N) is 1. The highest BCUT2D eigenvalue weighted by molar-refractivity contribution is 4.91. The number of ether oxygens (including phenoxy) is 1. The van der Waals surface area contributed by atoms with Crippen LogP contribution in [0.25, 0.3) is 0 Å². The number of hydrogen-bond acceptors (Lipinski definition) is 4. The summed E-state index contributed by atoms with van der Waals surface area (Å²) in [5, 5.41) is 0. The van der Waals surface area contributed by atoms with Gasteiger partial charge in [0.2, 0.25) is 0 Å². The SMILES string of the molecule is COC(CN)CN1CCC2CCC(C1)N2C. The van der Waals surface area contributed by atoms with Crippen LogP contribution in [0, 0.1) is 0 Å². The lowest BCUT2D eigenvalue weighted by Crippen LogP contribution is -2.42. The summed E-state index contributed by atoms with van der Waals surface area (Å²) in [4.78, 5) is 5.10. The zero-order valence-electron chi connectivity index (χ0n) is 10.6. The fourth-order valence-electron chi connectivity index (χ4n) is 3.08. The van der Waals surface area contributed by atoms with Crippen molar-refractivity contribution in [1.29, 1.82) is 0 Å². The molecular formula is C12H25N3O. The summed E-state index contributed by atoms with van der Waals surface area (Å²) in [5.41, 5.74) is 5.68. The van der Waals surface area contributed by atoms with E-state index < -0.39 is 0 Å². The van der Waals surface area contributed by atoms with E-state index in [1.165, 1.54) is 32.4 Å². The maximum atomic E-state index is 5.68. The van der Waals surface area contributed by atoms with Crippen molar-refractivity contribution < 1.29 is 4.74 Å². The molecule has 0 aromatic carbocycles. The largest absolute Gasteiger partial charge is 0.379 e. The van der Waals surface area contributed by atoms with Gasteiger partial charge < -0.3 is 10.5 Å². The predicted molar refractivity (Wildman–Crippen MR) is 65.5 cm³/mol. The highest BCUT2D eigenvalue weighted by atomic mass is 16.5. The number of fused-ring (bicyclic) bond motifs is 2. The topological polar surface area (TPSA) is 41.7 Å². The van der Waals surface area contributed by atoms with Gasteiger partial charge in [0.05, 0.1) is 6.10 Å². The molecule has 16 heavy (non-hydrogen) atoms. The molecule has 0 saturated carbocycles. The number of likely N-dealkylation sites (tertiary alicyclic amines) is 1. The zero-order valence-corrected chi connectivity index (χ0v) is 10.6. The molecule has 2 aliphatic heterocycles. The molecule has 3 unspecified atom stereocenters. The molecule has 0 amide bonds. The van der Waals surface area contributed by atoms with Gasteiger partial charge in [0.15, 0.2) is 0 Å². The first-order valence-corrected chi connectivity index (χ1v) is 6.41. The van der Waals surface area contributed by atoms with E-state index in [1.807, 2.05) is 0 Å². The van der Waals surface area contributed by atoms with Gasteiger partial charge in [-0.15, -0.1) is 0 Å². The Morgan fingerprint density at radius 3 is 2.75 bits per heavy atom. The second kappa shape index (κ2) is 5.45. The third-order valence-corrected chi connectivity index (χ3v) is 4.29. The normalized spacial score (nSPS) is 33.9. The highest BCUT2D eigenvalue weighted by Gasteiger charge is 2.34. The fraction of sp³-hybridized carbons (Fsp3) is 1.00. The summed E-state index contributed by atoms with van der Waals surface area (Å²) in [7, 11) is 4.04. The molecule has 2 heterocycles. The Morgan fingerprint density at radius 2 is 2.06 bits per heavy atom. The van der Waals surface area contributed by atoms with E-state index in [2.05, 4.69) is 16.8 Å². The lowest BCUT2D eigenvalue weighted by atomic mass is 10.1. The van der Waals surface area contributed by atoms with E-state index in [0.29, 0.717) is 6.54 Å². The maximum Gasteiger partial charge on any atom is 0.0820 e. The molecule has 2 rings (SSSR count). The average Bonchev–Trinajstić information content (AvgIpc) is 2.53. The van der Waals surface area contributed by atoms with Gasteiger partial charge in [0.1, 0.15) is 0 Å². The number of likely N-dealkylation sites (N-methyl/N-ethyl adjacent to an activating group) is 1. The Hall–Kier alpha value is -0.160. The molecule has 4 heteroatoms. The quantitative estimate of drug-likeness (QED) is 0.741. The van der Waals surface area contributed by atoms with Gasteiger partial charge >= 0.3 is 0 Å². The molecule has 4 nitrogen and oxygen atoms in total. The van der Waals surface area contributed by atoms with Gasteiger partial charge in [-0.3, -0.25) is 9.80 Å². The van der Waals surface area contributed by atoms with Crippen LogP contribution in [0.1, 0.15) is 19.3 Å². The second-order valence-electron chi connectivity index (χ2n) is 5.19. The number of methoxy groups -OCH3 is 1. The van der Waals surface area contributed by atoms with Gasteiger partial charge in [-0.2, -0.15) is 0 Å². The molecule has 0 aromatic heterocycles. The van der Waals surface area contributed by atoms with E-state index in [4.69, 9.17) is 10.5 Å². The molecule has 2 saturated heterocycles. The summed E-state index contributed by atoms with van der Waals surface area (Å²) in [6.07, 6.45) is 4.24. The number of rotatable bonds is 4. The average molecular weight is 227 g/mol. The first-order chi connectivity index (χ1) is 7.74. The van der Waals surface area contributed by atoms with Crippen molar-refractivity contribution in [1.82, 2.24) is 9.80 Å². The van der Waals surface area contributed by atoms with Crippen LogP contribution < -0.4 is 5.73 Å². The van der Waals surface area contributed by atoms with Crippen molar-refractivity contribution >= 4 is 0 Å². The van der Waals surface area contributed by atoms with Crippen LogP contribution >= 0.6 is 0 Å². The molecule has 0 spiro atoms. The molecule has 0 aromatic rings. The summed E-state index contributed by atoms with van der Waals surface area (Å²) < 4.78 is 5.37. The number of hydrogen-bond donors (Lipinski definition) is 1. The third-order valence-electron chi connectivity index (χ3n) is 4.29. The molecule has 2 bridgehead atoms. The van der Waals surface area contributed by atoms with Crippen molar-refractivity contribution in [2.75, 3.05) is 40.3 Å². The lowest BCUT2D eigenvalue weighted by Gasteiger charge is -2.28. The second-order valence-corrected chi connectivity index (χ2v) is 5.19. The Morgan fingerprint density at radius 1 is 1.31 bits per heavy atom. The van der Waals surface area contributed by atoms with Crippen LogP contribution in [-0.4, -0.2) is 68.3 Å². The van der Waals surface area contributed by atoms with E-state index in [0.717, 1.165) is 18.6 Å². The van der Waals surface area contributed by atoms with Crippen LogP contribution in [0.4, 0.5) is 0 Å². The minimum absolute atomic E-state index is 0.196. The summed E-state index contributed by atoms with van der Waals surface area (Å²) >= 11 is 0. The Kier molecular flexibility index (Phi) is 4.19. The van der Waals surface area contributed by atoms with Gasteiger partial charge in [0, 0.05) is 38.8 Å². The standard InChI is InChI=1S/C12H25N3O/c1-14-10-3-4-11(14)8-15(6-5-10)9-12(7-13)16-2/h10-12H,3-9,13H2,1-2H3. The Bertz CT molecular complexity index is 220. The molecule has 0 radical (unpaired) electrons. The van der Waals surface area contributed by atoms with E-state index in [1.54, 1.807) is 7.11 Å². The van der Waals surface area contributed by atoms with Crippen molar-refractivity contribution in [3.63, 3.8) is 0 Å². The molecular weight excluding hydrogens is 202 g/mol. The van der Waals surface area contributed by atoms with Crippen LogP contribution in [0.15, 0.2) is 0 Å². The third kappa shape index (κ3) is 2.56. The summed E-state index contributed by atoms with van der Waals surface area (Å²) in [6, 6.07) is 1.57. The summed E-state index contributed by atoms with van der Waals surface area (Å²) in [5.74, 6) is 0. The molecule has 3 atom stereocenters. The van der Waals surface area contributed by atoms with Crippen LogP contribution in [0.3, 0.4) is 0 Å². The van der Waals surface area contributed by atoms with Gasteiger partial charge in [-0.25, -0.2) is 0 Å². The summed E-state index contributed by atoms with van der Waals surface area (Å²) in [6.45, 7) is 4.00. The fourth-order valence-corrected chi connectivity index (χ4v) is 3.08. The number of nitrogens with zero attached hydrogens (tertiary/aromatic N) is 2. The van der Waals surface area contributed by atoms with Crippen molar-refractivity contribution in [3.05, 3.63) is 0 Å². The molecule has 0 aliphatic carbocycles. The van der Waals surface area contributed by atoms with Crippen molar-refractivity contribution in [2.24, 2.45) is 5.73 Å². The zero-order chi connectivity index (χ0) is 11.5. The predicted octanol–water partition coefficient (Wildman–Crippen LogP) is 0.129. The van der Waals surface area contributed by atoms with Crippen molar-refractivity contribution in [2.45, 2.75) is 37.5 Å². The van der Waals surface area contributed by atoms with Crippen LogP contribution in [-0.2, 0) is 4.74 Å². The van der Waals surface area contributed by atoms with Gasteiger partial charge in [-0.1, -0.05) is 0 Å². The van der Waals surface area contributed by atoms with E-state index in [9.17, 15) is 0 Å². The minimum atomic E-state index is 0.196.